The Morgan fingerprint density at radius 1 is 1.00 bits per heavy atom. The van der Waals surface area contributed by atoms with Crippen molar-refractivity contribution < 1.29 is 9.59 Å². The van der Waals surface area contributed by atoms with E-state index in [2.05, 4.69) is 5.32 Å². The molecule has 0 atom stereocenters. The van der Waals surface area contributed by atoms with E-state index < -0.39 is 5.41 Å². The van der Waals surface area contributed by atoms with E-state index in [0.29, 0.717) is 0 Å². The van der Waals surface area contributed by atoms with Gasteiger partial charge in [0.2, 0.25) is 11.8 Å². The van der Waals surface area contributed by atoms with Crippen LogP contribution in [-0.2, 0) is 9.59 Å². The van der Waals surface area contributed by atoms with Gasteiger partial charge in [-0.05, 0) is 11.8 Å². The first kappa shape index (κ1) is 9.23. The second-order valence-electron chi connectivity index (χ2n) is 3.96. The summed E-state index contributed by atoms with van der Waals surface area (Å²) in [5.74, 6) is -0.0625. The Morgan fingerprint density at radius 3 is 1.42 bits per heavy atom. The van der Waals surface area contributed by atoms with Gasteiger partial charge < -0.3 is 0 Å². The number of imide groups is 1. The van der Waals surface area contributed by atoms with E-state index in [1.807, 2.05) is 27.7 Å². The maximum absolute atomic E-state index is 11.3. The largest absolute Gasteiger partial charge is 0.295 e. The van der Waals surface area contributed by atoms with Crippen LogP contribution in [0.15, 0.2) is 0 Å². The van der Waals surface area contributed by atoms with E-state index in [9.17, 15) is 9.59 Å². The zero-order chi connectivity index (χ0) is 9.52. The van der Waals surface area contributed by atoms with Gasteiger partial charge in [0.15, 0.2) is 0 Å². The lowest BCUT2D eigenvalue weighted by Gasteiger charge is -2.44. The lowest BCUT2D eigenvalue weighted by atomic mass is 9.63. The Hall–Kier alpha value is -0.860. The topological polar surface area (TPSA) is 46.2 Å². The quantitative estimate of drug-likeness (QED) is 0.494. The zero-order valence-corrected chi connectivity index (χ0v) is 7.97. The van der Waals surface area contributed by atoms with Gasteiger partial charge >= 0.3 is 0 Å². The number of rotatable bonds is 2. The average molecular weight is 169 g/mol. The third kappa shape index (κ3) is 0.822. The maximum Gasteiger partial charge on any atom is 0.242 e. The van der Waals surface area contributed by atoms with Crippen molar-refractivity contribution in [1.29, 1.82) is 0 Å². The summed E-state index contributed by atoms with van der Waals surface area (Å²) in [6.07, 6.45) is 0. The highest BCUT2D eigenvalue weighted by atomic mass is 16.2. The first-order valence-electron chi connectivity index (χ1n) is 4.29. The molecule has 2 amide bonds. The number of carbonyl (C=O) groups is 2. The Balaban J connectivity index is 3.02. The number of hydrogen-bond donors (Lipinski definition) is 1. The van der Waals surface area contributed by atoms with Gasteiger partial charge in [-0.2, -0.15) is 0 Å². The molecule has 1 heterocycles. The molecule has 68 valence electrons. The van der Waals surface area contributed by atoms with Crippen molar-refractivity contribution in [3.05, 3.63) is 0 Å². The average Bonchev–Trinajstić information content (AvgIpc) is 1.84. The van der Waals surface area contributed by atoms with Gasteiger partial charge in [0.05, 0.1) is 0 Å². The van der Waals surface area contributed by atoms with Gasteiger partial charge in [-0.1, -0.05) is 27.7 Å². The standard InChI is InChI=1S/C9H15NO2/c1-5(2)9(6(3)4)7(11)10-8(9)12/h5-6H,1-4H3,(H,10,11,12). The fraction of sp³-hybridized carbons (Fsp3) is 0.778. The molecule has 0 bridgehead atoms. The molecule has 0 aromatic rings. The van der Waals surface area contributed by atoms with Crippen LogP contribution in [0.2, 0.25) is 0 Å². The van der Waals surface area contributed by atoms with Crippen LogP contribution in [0.5, 0.6) is 0 Å². The minimum absolute atomic E-state index is 0.0822. The van der Waals surface area contributed by atoms with Gasteiger partial charge in [-0.3, -0.25) is 14.9 Å². The smallest absolute Gasteiger partial charge is 0.242 e. The highest BCUT2D eigenvalue weighted by molar-refractivity contribution is 6.22. The lowest BCUT2D eigenvalue weighted by molar-refractivity contribution is -0.165. The lowest BCUT2D eigenvalue weighted by Crippen LogP contribution is -2.68. The Labute approximate surface area is 72.5 Å². The zero-order valence-electron chi connectivity index (χ0n) is 7.97. The molecule has 0 unspecified atom stereocenters. The van der Waals surface area contributed by atoms with Crippen LogP contribution in [0.25, 0.3) is 0 Å². The molecule has 1 fully saturated rings. The summed E-state index contributed by atoms with van der Waals surface area (Å²) in [5.41, 5.74) is -0.750. The second kappa shape index (κ2) is 2.57. The van der Waals surface area contributed by atoms with Gasteiger partial charge in [0, 0.05) is 0 Å². The summed E-state index contributed by atoms with van der Waals surface area (Å²) >= 11 is 0. The van der Waals surface area contributed by atoms with E-state index >= 15 is 0 Å². The van der Waals surface area contributed by atoms with Gasteiger partial charge in [0.1, 0.15) is 5.41 Å². The molecule has 3 nitrogen and oxygen atoms in total. The summed E-state index contributed by atoms with van der Waals surface area (Å²) < 4.78 is 0. The van der Waals surface area contributed by atoms with E-state index in [1.54, 1.807) is 0 Å². The predicted molar refractivity (Wildman–Crippen MR) is 45.3 cm³/mol. The summed E-state index contributed by atoms with van der Waals surface area (Å²) in [6, 6.07) is 0. The van der Waals surface area contributed by atoms with Crippen molar-refractivity contribution in [1.82, 2.24) is 5.32 Å². The van der Waals surface area contributed by atoms with E-state index in [-0.39, 0.29) is 23.7 Å². The van der Waals surface area contributed by atoms with Crippen LogP contribution in [0.1, 0.15) is 27.7 Å². The molecule has 0 saturated carbocycles. The Bertz CT molecular complexity index is 207. The van der Waals surface area contributed by atoms with Crippen molar-refractivity contribution in [2.75, 3.05) is 0 Å². The number of hydrogen-bond acceptors (Lipinski definition) is 2. The molecule has 1 aliphatic heterocycles. The maximum atomic E-state index is 11.3. The van der Waals surface area contributed by atoms with Crippen LogP contribution in [-0.4, -0.2) is 11.8 Å². The van der Waals surface area contributed by atoms with E-state index in [0.717, 1.165) is 0 Å². The van der Waals surface area contributed by atoms with Gasteiger partial charge in [-0.15, -0.1) is 0 Å². The molecule has 1 rings (SSSR count). The summed E-state index contributed by atoms with van der Waals surface area (Å²) in [6.45, 7) is 7.65. The summed E-state index contributed by atoms with van der Waals surface area (Å²) in [5, 5.41) is 2.28. The summed E-state index contributed by atoms with van der Waals surface area (Å²) in [7, 11) is 0. The minimum Gasteiger partial charge on any atom is -0.295 e. The number of nitrogens with one attached hydrogen (secondary N) is 1. The molecule has 1 aliphatic rings. The first-order valence-corrected chi connectivity index (χ1v) is 4.29. The molecular weight excluding hydrogens is 154 g/mol. The Morgan fingerprint density at radius 2 is 1.33 bits per heavy atom. The molecule has 3 heteroatoms. The molecule has 0 radical (unpaired) electrons. The second-order valence-corrected chi connectivity index (χ2v) is 3.96. The van der Waals surface area contributed by atoms with Crippen molar-refractivity contribution in [3.63, 3.8) is 0 Å². The molecule has 1 saturated heterocycles. The minimum atomic E-state index is -0.750. The summed E-state index contributed by atoms with van der Waals surface area (Å²) in [4.78, 5) is 22.6. The highest BCUT2D eigenvalue weighted by Crippen LogP contribution is 2.41. The predicted octanol–water partition coefficient (Wildman–Crippen LogP) is 0.941. The fourth-order valence-corrected chi connectivity index (χ4v) is 2.07. The molecule has 0 spiro atoms. The van der Waals surface area contributed by atoms with Crippen LogP contribution in [0.4, 0.5) is 0 Å². The normalized spacial score (nSPS) is 21.2. The molecule has 1 N–H and O–H groups in total. The Kier molecular flexibility index (Phi) is 1.98. The van der Waals surface area contributed by atoms with Crippen LogP contribution < -0.4 is 5.32 Å². The van der Waals surface area contributed by atoms with Crippen molar-refractivity contribution in [3.8, 4) is 0 Å². The van der Waals surface area contributed by atoms with Crippen LogP contribution >= 0.6 is 0 Å². The molecule has 0 aliphatic carbocycles. The molecule has 0 aromatic heterocycles. The fourth-order valence-electron chi connectivity index (χ4n) is 2.07. The monoisotopic (exact) mass is 169 g/mol. The van der Waals surface area contributed by atoms with Crippen molar-refractivity contribution in [2.24, 2.45) is 17.3 Å². The SMILES string of the molecule is CC(C)C1(C(C)C)C(=O)NC1=O. The highest BCUT2D eigenvalue weighted by Gasteiger charge is 2.59. The third-order valence-corrected chi connectivity index (χ3v) is 2.80. The number of β-lactam (4-membered cyclic amide) rings is 2. The van der Waals surface area contributed by atoms with E-state index in [1.165, 1.54) is 0 Å². The van der Waals surface area contributed by atoms with Crippen LogP contribution in [0, 0.1) is 17.3 Å². The first-order chi connectivity index (χ1) is 5.44. The number of amides is 2. The molecule has 12 heavy (non-hydrogen) atoms. The van der Waals surface area contributed by atoms with E-state index in [4.69, 9.17) is 0 Å². The van der Waals surface area contributed by atoms with Gasteiger partial charge in [-0.25, -0.2) is 0 Å². The van der Waals surface area contributed by atoms with Gasteiger partial charge in [0.25, 0.3) is 0 Å². The number of carbonyl (C=O) groups excluding carboxylic acids is 2. The van der Waals surface area contributed by atoms with Crippen molar-refractivity contribution >= 4 is 11.8 Å². The van der Waals surface area contributed by atoms with Crippen molar-refractivity contribution in [2.45, 2.75) is 27.7 Å². The third-order valence-electron chi connectivity index (χ3n) is 2.80. The molecular formula is C9H15NO2. The molecule has 0 aromatic carbocycles. The van der Waals surface area contributed by atoms with Crippen LogP contribution in [0.3, 0.4) is 0 Å².